The summed E-state index contributed by atoms with van der Waals surface area (Å²) < 4.78 is 5.46. The van der Waals surface area contributed by atoms with Crippen molar-refractivity contribution < 1.29 is 4.74 Å². The Morgan fingerprint density at radius 1 is 1.44 bits per heavy atom. The van der Waals surface area contributed by atoms with Gasteiger partial charge < -0.3 is 15.4 Å². The van der Waals surface area contributed by atoms with E-state index in [1.807, 2.05) is 0 Å². The van der Waals surface area contributed by atoms with Crippen LogP contribution in [-0.4, -0.2) is 42.3 Å². The summed E-state index contributed by atoms with van der Waals surface area (Å²) in [7, 11) is 0. The van der Waals surface area contributed by atoms with Crippen molar-refractivity contribution in [2.45, 2.75) is 12.5 Å². The molecule has 1 fully saturated rings. The van der Waals surface area contributed by atoms with Gasteiger partial charge in [0, 0.05) is 25.7 Å². The quantitative estimate of drug-likeness (QED) is 0.804. The number of hydrogen-bond acceptors (Lipinski definition) is 5. The normalized spacial score (nSPS) is 20.7. The predicted octanol–water partition coefficient (Wildman–Crippen LogP) is 0.460. The van der Waals surface area contributed by atoms with Crippen LogP contribution in [0.25, 0.3) is 0 Å². The minimum atomic E-state index is 0.356. The average molecular weight is 243 g/mol. The van der Waals surface area contributed by atoms with Crippen LogP contribution >= 0.6 is 11.6 Å². The fraction of sp³-hybridized carbons (Fsp3) is 0.600. The molecular weight excluding hydrogens is 228 g/mol. The highest BCUT2D eigenvalue weighted by Gasteiger charge is 2.11. The summed E-state index contributed by atoms with van der Waals surface area (Å²) in [5.41, 5.74) is 0. The molecule has 5 nitrogen and oxygen atoms in total. The van der Waals surface area contributed by atoms with Gasteiger partial charge in [-0.25, -0.2) is 0 Å². The Balaban J connectivity index is 1.71. The van der Waals surface area contributed by atoms with Gasteiger partial charge in [0.2, 0.25) is 5.88 Å². The number of piperazine rings is 1. The summed E-state index contributed by atoms with van der Waals surface area (Å²) in [6, 6.07) is 0.473. The molecule has 88 valence electrons. The monoisotopic (exact) mass is 242 g/mol. The van der Waals surface area contributed by atoms with Crippen LogP contribution in [0.5, 0.6) is 5.88 Å². The second kappa shape index (κ2) is 5.98. The van der Waals surface area contributed by atoms with E-state index in [0.717, 1.165) is 26.1 Å². The Bertz CT molecular complexity index is 330. The Kier molecular flexibility index (Phi) is 4.33. The zero-order chi connectivity index (χ0) is 11.2. The van der Waals surface area contributed by atoms with Crippen molar-refractivity contribution in [3.8, 4) is 5.88 Å². The summed E-state index contributed by atoms with van der Waals surface area (Å²) in [4.78, 5) is 7.90. The van der Waals surface area contributed by atoms with Crippen LogP contribution in [0.2, 0.25) is 5.15 Å². The molecule has 0 aliphatic carbocycles. The van der Waals surface area contributed by atoms with Crippen molar-refractivity contribution in [2.24, 2.45) is 0 Å². The third kappa shape index (κ3) is 3.59. The second-order valence-corrected chi connectivity index (χ2v) is 4.06. The summed E-state index contributed by atoms with van der Waals surface area (Å²) in [6.45, 7) is 3.66. The van der Waals surface area contributed by atoms with Crippen LogP contribution in [-0.2, 0) is 0 Å². The minimum absolute atomic E-state index is 0.356. The Morgan fingerprint density at radius 3 is 3.12 bits per heavy atom. The van der Waals surface area contributed by atoms with Gasteiger partial charge in [0.05, 0.1) is 19.0 Å². The molecule has 1 aromatic rings. The average Bonchev–Trinajstić information content (AvgIpc) is 2.30. The maximum atomic E-state index is 5.70. The third-order valence-corrected chi connectivity index (χ3v) is 2.61. The second-order valence-electron chi connectivity index (χ2n) is 3.67. The lowest BCUT2D eigenvalue weighted by molar-refractivity contribution is 0.265. The van der Waals surface area contributed by atoms with Crippen molar-refractivity contribution in [3.05, 3.63) is 17.5 Å². The van der Waals surface area contributed by atoms with Crippen molar-refractivity contribution in [3.63, 3.8) is 0 Å². The Labute approximate surface area is 99.6 Å². The first-order valence-electron chi connectivity index (χ1n) is 5.39. The molecule has 2 heterocycles. The first-order valence-corrected chi connectivity index (χ1v) is 5.77. The highest BCUT2D eigenvalue weighted by molar-refractivity contribution is 6.29. The molecule has 0 spiro atoms. The standard InChI is InChI=1S/C10H15ClN4O/c11-9-6-13-7-10(15-9)16-4-1-8-5-12-2-3-14-8/h6-8,12,14H,1-5H2. The predicted molar refractivity (Wildman–Crippen MR) is 61.8 cm³/mol. The molecule has 1 atom stereocenters. The van der Waals surface area contributed by atoms with E-state index in [1.54, 1.807) is 6.20 Å². The largest absolute Gasteiger partial charge is 0.476 e. The van der Waals surface area contributed by atoms with Gasteiger partial charge >= 0.3 is 0 Å². The zero-order valence-electron chi connectivity index (χ0n) is 8.95. The van der Waals surface area contributed by atoms with Crippen LogP contribution in [0.1, 0.15) is 6.42 Å². The van der Waals surface area contributed by atoms with Gasteiger partial charge in [-0.05, 0) is 6.42 Å². The number of ether oxygens (including phenoxy) is 1. The number of halogens is 1. The summed E-state index contributed by atoms with van der Waals surface area (Å²) >= 11 is 5.70. The first-order chi connectivity index (χ1) is 7.84. The van der Waals surface area contributed by atoms with Gasteiger partial charge in [-0.3, -0.25) is 4.98 Å². The van der Waals surface area contributed by atoms with Crippen LogP contribution in [0.4, 0.5) is 0 Å². The Hall–Kier alpha value is -0.910. The lowest BCUT2D eigenvalue weighted by Gasteiger charge is -2.24. The highest BCUT2D eigenvalue weighted by atomic mass is 35.5. The highest BCUT2D eigenvalue weighted by Crippen LogP contribution is 2.09. The van der Waals surface area contributed by atoms with E-state index in [4.69, 9.17) is 16.3 Å². The molecule has 2 rings (SSSR count). The summed E-state index contributed by atoms with van der Waals surface area (Å²) in [5, 5.41) is 7.09. The van der Waals surface area contributed by atoms with Crippen molar-refractivity contribution in [2.75, 3.05) is 26.2 Å². The van der Waals surface area contributed by atoms with E-state index < -0.39 is 0 Å². The van der Waals surface area contributed by atoms with Crippen molar-refractivity contribution in [1.82, 2.24) is 20.6 Å². The molecule has 1 unspecified atom stereocenters. The van der Waals surface area contributed by atoms with E-state index in [9.17, 15) is 0 Å². The van der Waals surface area contributed by atoms with Gasteiger partial charge in [0.25, 0.3) is 0 Å². The van der Waals surface area contributed by atoms with Crippen LogP contribution < -0.4 is 15.4 Å². The maximum absolute atomic E-state index is 5.70. The first kappa shape index (κ1) is 11.6. The molecular formula is C10H15ClN4O. The van der Waals surface area contributed by atoms with E-state index in [1.165, 1.54) is 6.20 Å². The van der Waals surface area contributed by atoms with Crippen LogP contribution in [0.3, 0.4) is 0 Å². The van der Waals surface area contributed by atoms with E-state index in [-0.39, 0.29) is 0 Å². The zero-order valence-corrected chi connectivity index (χ0v) is 9.70. The van der Waals surface area contributed by atoms with Gasteiger partial charge in [-0.1, -0.05) is 11.6 Å². The number of hydrogen-bond donors (Lipinski definition) is 2. The minimum Gasteiger partial charge on any atom is -0.476 e. The van der Waals surface area contributed by atoms with Crippen molar-refractivity contribution in [1.29, 1.82) is 0 Å². The van der Waals surface area contributed by atoms with Crippen molar-refractivity contribution >= 4 is 11.6 Å². The lowest BCUT2D eigenvalue weighted by Crippen LogP contribution is -2.48. The molecule has 0 bridgehead atoms. The molecule has 1 aliphatic heterocycles. The number of nitrogens with zero attached hydrogens (tertiary/aromatic N) is 2. The molecule has 1 saturated heterocycles. The molecule has 0 amide bonds. The molecule has 16 heavy (non-hydrogen) atoms. The summed E-state index contributed by atoms with van der Waals surface area (Å²) in [5.74, 6) is 0.483. The van der Waals surface area contributed by atoms with E-state index >= 15 is 0 Å². The van der Waals surface area contributed by atoms with E-state index in [2.05, 4.69) is 20.6 Å². The topological polar surface area (TPSA) is 59.1 Å². The summed E-state index contributed by atoms with van der Waals surface area (Å²) in [6.07, 6.45) is 4.00. The van der Waals surface area contributed by atoms with Gasteiger partial charge in [-0.15, -0.1) is 0 Å². The molecule has 1 aliphatic rings. The van der Waals surface area contributed by atoms with Crippen LogP contribution in [0, 0.1) is 0 Å². The van der Waals surface area contributed by atoms with Gasteiger partial charge in [0.15, 0.2) is 5.15 Å². The lowest BCUT2D eigenvalue weighted by atomic mass is 10.2. The molecule has 0 radical (unpaired) electrons. The van der Waals surface area contributed by atoms with Crippen LogP contribution in [0.15, 0.2) is 12.4 Å². The third-order valence-electron chi connectivity index (χ3n) is 2.42. The fourth-order valence-corrected chi connectivity index (χ4v) is 1.76. The number of nitrogens with one attached hydrogen (secondary N) is 2. The molecule has 0 saturated carbocycles. The maximum Gasteiger partial charge on any atom is 0.233 e. The molecule has 0 aromatic carbocycles. The van der Waals surface area contributed by atoms with Gasteiger partial charge in [0.1, 0.15) is 0 Å². The Morgan fingerprint density at radius 2 is 2.38 bits per heavy atom. The van der Waals surface area contributed by atoms with Gasteiger partial charge in [-0.2, -0.15) is 4.98 Å². The molecule has 1 aromatic heterocycles. The molecule has 2 N–H and O–H groups in total. The fourth-order valence-electron chi connectivity index (χ4n) is 1.62. The number of aromatic nitrogens is 2. The smallest absolute Gasteiger partial charge is 0.233 e. The SMILES string of the molecule is Clc1cncc(OCCC2CNCCN2)n1. The van der Waals surface area contributed by atoms with E-state index in [0.29, 0.717) is 23.7 Å². The molecule has 6 heteroatoms. The number of rotatable bonds is 4.